The number of carbonyl (C=O) groups excluding carboxylic acids is 2. The molecule has 0 bridgehead atoms. The number of hydrogen-bond acceptors (Lipinski definition) is 2. The summed E-state index contributed by atoms with van der Waals surface area (Å²) in [5.41, 5.74) is 0. The monoisotopic (exact) mass is 596 g/mol. The fourth-order valence-corrected chi connectivity index (χ4v) is 9.10. The molecule has 0 aromatic heterocycles. The van der Waals surface area contributed by atoms with E-state index >= 15 is 0 Å². The lowest BCUT2D eigenvalue weighted by Crippen LogP contribution is -2.23. The highest BCUT2D eigenvalue weighted by molar-refractivity contribution is 6.64. The molecule has 0 amide bonds. The van der Waals surface area contributed by atoms with Crippen molar-refractivity contribution in [3.05, 3.63) is 0 Å². The Kier molecular flexibility index (Phi) is 17.9. The van der Waals surface area contributed by atoms with E-state index in [-0.39, 0.29) is 22.3 Å². The molecule has 3 aliphatic carbocycles. The molecule has 2 nitrogen and oxygen atoms in total. The van der Waals surface area contributed by atoms with Gasteiger partial charge in [-0.05, 0) is 79.0 Å². The van der Waals surface area contributed by atoms with Crippen molar-refractivity contribution in [2.45, 2.75) is 180 Å². The van der Waals surface area contributed by atoms with Crippen molar-refractivity contribution < 1.29 is 9.59 Å². The number of rotatable bonds is 4. The molecule has 4 atom stereocenters. The number of halogens is 2. The molecule has 0 radical (unpaired) electrons. The lowest BCUT2D eigenvalue weighted by molar-refractivity contribution is -0.116. The average Bonchev–Trinajstić information content (AvgIpc) is 2.92. The highest BCUT2D eigenvalue weighted by Crippen LogP contribution is 2.39. The Morgan fingerprint density at radius 1 is 0.325 bits per heavy atom. The van der Waals surface area contributed by atoms with Crippen molar-refractivity contribution in [3.8, 4) is 0 Å². The highest BCUT2D eigenvalue weighted by atomic mass is 35.5. The SMILES string of the molecule is O=C(Cl)C1CCCCCCCCC(C2CCCCCC(C3CCCCCCCC(C(=O)Cl)C3)CCCCC2)CC1. The van der Waals surface area contributed by atoms with Crippen LogP contribution in [0, 0.1) is 35.5 Å². The van der Waals surface area contributed by atoms with Gasteiger partial charge in [-0.25, -0.2) is 0 Å². The molecule has 0 saturated heterocycles. The molecular weight excluding hydrogens is 535 g/mol. The van der Waals surface area contributed by atoms with Gasteiger partial charge in [0.1, 0.15) is 0 Å². The molecule has 40 heavy (non-hydrogen) atoms. The van der Waals surface area contributed by atoms with Gasteiger partial charge in [-0.15, -0.1) is 0 Å². The first-order valence-electron chi connectivity index (χ1n) is 17.9. The van der Waals surface area contributed by atoms with Crippen LogP contribution in [0.3, 0.4) is 0 Å². The van der Waals surface area contributed by atoms with Gasteiger partial charge in [0.05, 0.1) is 0 Å². The molecule has 0 N–H and O–H groups in total. The standard InChI is InChI=1S/C36H62Cl2O2/c37-35(39)32-23-11-5-2-1-4-10-22-31(26-27-32)29-18-14-8-16-20-30(21-17-9-15-19-29)33-24-12-6-3-7-13-25-34(28-33)36(38)40/h29-34H,1-28H2. The van der Waals surface area contributed by atoms with Gasteiger partial charge in [0.15, 0.2) is 0 Å². The van der Waals surface area contributed by atoms with Gasteiger partial charge in [0, 0.05) is 11.8 Å². The summed E-state index contributed by atoms with van der Waals surface area (Å²) in [6.07, 6.45) is 35.9. The smallest absolute Gasteiger partial charge is 0.224 e. The molecule has 0 spiro atoms. The molecule has 3 aliphatic rings. The van der Waals surface area contributed by atoms with Crippen LogP contribution >= 0.6 is 23.2 Å². The van der Waals surface area contributed by atoms with E-state index in [1.807, 2.05) is 0 Å². The van der Waals surface area contributed by atoms with E-state index < -0.39 is 0 Å². The summed E-state index contributed by atoms with van der Waals surface area (Å²) in [4.78, 5) is 24.4. The third kappa shape index (κ3) is 13.5. The lowest BCUT2D eigenvalue weighted by atomic mass is 9.74. The topological polar surface area (TPSA) is 34.1 Å². The molecule has 3 saturated carbocycles. The summed E-state index contributed by atoms with van der Waals surface area (Å²) in [6.45, 7) is 0. The molecule has 3 rings (SSSR count). The second-order valence-corrected chi connectivity index (χ2v) is 14.9. The molecule has 0 heterocycles. The Morgan fingerprint density at radius 3 is 1.07 bits per heavy atom. The van der Waals surface area contributed by atoms with E-state index in [0.29, 0.717) is 5.92 Å². The van der Waals surface area contributed by atoms with E-state index in [1.165, 1.54) is 154 Å². The average molecular weight is 598 g/mol. The van der Waals surface area contributed by atoms with Gasteiger partial charge in [-0.3, -0.25) is 9.59 Å². The van der Waals surface area contributed by atoms with Gasteiger partial charge < -0.3 is 0 Å². The fourth-order valence-electron chi connectivity index (χ4n) is 8.68. The van der Waals surface area contributed by atoms with Crippen molar-refractivity contribution in [2.75, 3.05) is 0 Å². The summed E-state index contributed by atoms with van der Waals surface area (Å²) in [5.74, 6) is 3.26. The fraction of sp³-hybridized carbons (Fsp3) is 0.944. The largest absolute Gasteiger partial charge is 0.281 e. The summed E-state index contributed by atoms with van der Waals surface area (Å²) < 4.78 is 0. The van der Waals surface area contributed by atoms with Crippen LogP contribution in [0.4, 0.5) is 0 Å². The van der Waals surface area contributed by atoms with E-state index in [2.05, 4.69) is 0 Å². The quantitative estimate of drug-likeness (QED) is 0.302. The minimum atomic E-state index is -0.0822. The first kappa shape index (κ1) is 34.4. The zero-order valence-corrected chi connectivity index (χ0v) is 27.3. The van der Waals surface area contributed by atoms with Gasteiger partial charge in [-0.1, -0.05) is 148 Å². The Hall–Kier alpha value is -0.0800. The first-order valence-corrected chi connectivity index (χ1v) is 18.7. The van der Waals surface area contributed by atoms with Crippen LogP contribution in [0.15, 0.2) is 0 Å². The second-order valence-electron chi connectivity index (χ2n) is 14.2. The third-order valence-corrected chi connectivity index (χ3v) is 11.9. The zero-order valence-electron chi connectivity index (χ0n) is 25.8. The maximum Gasteiger partial charge on any atom is 0.224 e. The van der Waals surface area contributed by atoms with E-state index in [4.69, 9.17) is 23.2 Å². The minimum absolute atomic E-state index is 0.0711. The maximum atomic E-state index is 12.3. The molecule has 0 aromatic rings. The number of hydrogen-bond donors (Lipinski definition) is 0. The Balaban J connectivity index is 1.56. The van der Waals surface area contributed by atoms with Crippen molar-refractivity contribution in [2.24, 2.45) is 35.5 Å². The predicted molar refractivity (Wildman–Crippen MR) is 172 cm³/mol. The minimum Gasteiger partial charge on any atom is -0.281 e. The van der Waals surface area contributed by atoms with Crippen molar-refractivity contribution in [1.82, 2.24) is 0 Å². The molecule has 0 aliphatic heterocycles. The van der Waals surface area contributed by atoms with Crippen LogP contribution in [0.1, 0.15) is 180 Å². The summed E-state index contributed by atoms with van der Waals surface area (Å²) in [7, 11) is 0. The van der Waals surface area contributed by atoms with Crippen LogP contribution < -0.4 is 0 Å². The normalized spacial score (nSPS) is 34.1. The lowest BCUT2D eigenvalue weighted by Gasteiger charge is -2.32. The van der Waals surface area contributed by atoms with Crippen LogP contribution in [0.5, 0.6) is 0 Å². The molecule has 3 fully saturated rings. The van der Waals surface area contributed by atoms with Gasteiger partial charge in [0.25, 0.3) is 0 Å². The Labute approximate surface area is 257 Å². The molecule has 4 unspecified atom stereocenters. The first-order chi connectivity index (χ1) is 19.5. The van der Waals surface area contributed by atoms with Gasteiger partial charge in [0.2, 0.25) is 10.5 Å². The summed E-state index contributed by atoms with van der Waals surface area (Å²) in [6, 6.07) is 0. The molecule has 0 aromatic carbocycles. The third-order valence-electron chi connectivity index (χ3n) is 11.3. The van der Waals surface area contributed by atoms with Crippen LogP contribution in [-0.2, 0) is 9.59 Å². The van der Waals surface area contributed by atoms with Crippen molar-refractivity contribution >= 4 is 33.7 Å². The second kappa shape index (κ2) is 20.8. The van der Waals surface area contributed by atoms with Crippen LogP contribution in [0.25, 0.3) is 0 Å². The van der Waals surface area contributed by atoms with Gasteiger partial charge >= 0.3 is 0 Å². The van der Waals surface area contributed by atoms with Crippen molar-refractivity contribution in [3.63, 3.8) is 0 Å². The predicted octanol–water partition coefficient (Wildman–Crippen LogP) is 12.2. The maximum absolute atomic E-state index is 12.3. The number of carbonyl (C=O) groups is 2. The summed E-state index contributed by atoms with van der Waals surface area (Å²) >= 11 is 12.2. The zero-order chi connectivity index (χ0) is 28.4. The van der Waals surface area contributed by atoms with Crippen molar-refractivity contribution in [1.29, 1.82) is 0 Å². The molecular formula is C36H62Cl2O2. The van der Waals surface area contributed by atoms with Crippen LogP contribution in [0.2, 0.25) is 0 Å². The highest BCUT2D eigenvalue weighted by Gasteiger charge is 2.29. The van der Waals surface area contributed by atoms with Crippen LogP contribution in [-0.4, -0.2) is 10.5 Å². The molecule has 4 heteroatoms. The van der Waals surface area contributed by atoms with E-state index in [9.17, 15) is 9.59 Å². The van der Waals surface area contributed by atoms with E-state index in [0.717, 1.165) is 43.4 Å². The Morgan fingerprint density at radius 2 is 0.625 bits per heavy atom. The van der Waals surface area contributed by atoms with E-state index in [1.54, 1.807) is 0 Å². The summed E-state index contributed by atoms with van der Waals surface area (Å²) in [5, 5.41) is -0.153. The Bertz CT molecular complexity index is 680. The van der Waals surface area contributed by atoms with Gasteiger partial charge in [-0.2, -0.15) is 0 Å². The molecule has 232 valence electrons.